The fraction of sp³-hybridized carbons (Fsp3) is 0.333. The number of carbonyl (C=O) groups excluding carboxylic acids is 1. The number of amides is 1. The highest BCUT2D eigenvalue weighted by Crippen LogP contribution is 2.25. The van der Waals surface area contributed by atoms with E-state index in [1.54, 1.807) is 17.7 Å². The highest BCUT2D eigenvalue weighted by atomic mass is 79.9. The lowest BCUT2D eigenvalue weighted by Crippen LogP contribution is -2.25. The van der Waals surface area contributed by atoms with Gasteiger partial charge in [0.05, 0.1) is 11.2 Å². The van der Waals surface area contributed by atoms with Crippen LogP contribution in [0.15, 0.2) is 23.8 Å². The van der Waals surface area contributed by atoms with E-state index in [1.165, 1.54) is 0 Å². The number of hydrogen-bond acceptors (Lipinski definition) is 3. The molecule has 18 heavy (non-hydrogen) atoms. The maximum absolute atomic E-state index is 11.3. The third kappa shape index (κ3) is 3.43. The maximum Gasteiger partial charge on any atom is 0.220 e. The minimum absolute atomic E-state index is 0.0732. The summed E-state index contributed by atoms with van der Waals surface area (Å²) in [4.78, 5) is 19.9. The largest absolute Gasteiger partial charge is 0.356 e. The van der Waals surface area contributed by atoms with Gasteiger partial charge < -0.3 is 10.3 Å². The molecule has 0 atom stereocenters. The van der Waals surface area contributed by atoms with Crippen LogP contribution in [0.2, 0.25) is 0 Å². The lowest BCUT2D eigenvalue weighted by molar-refractivity contribution is -0.120. The third-order valence-electron chi connectivity index (χ3n) is 2.49. The number of imidazole rings is 1. The van der Waals surface area contributed by atoms with Gasteiger partial charge in [0, 0.05) is 30.4 Å². The van der Waals surface area contributed by atoms with E-state index in [4.69, 9.17) is 0 Å². The van der Waals surface area contributed by atoms with Crippen molar-refractivity contribution >= 4 is 33.2 Å². The normalized spacial score (nSPS) is 10.5. The summed E-state index contributed by atoms with van der Waals surface area (Å²) >= 11 is 4.91. The molecular formula is C12H14BrN3OS. The Hall–Kier alpha value is -1.14. The first kappa shape index (κ1) is 13.3. The quantitative estimate of drug-likeness (QED) is 0.801. The summed E-state index contributed by atoms with van der Waals surface area (Å²) in [5, 5.41) is 5.61. The molecule has 0 aliphatic rings. The summed E-state index contributed by atoms with van der Waals surface area (Å²) in [7, 11) is 0. The predicted molar refractivity (Wildman–Crippen MR) is 77.0 cm³/mol. The molecular weight excluding hydrogens is 314 g/mol. The topological polar surface area (TPSA) is 57.8 Å². The third-order valence-corrected chi connectivity index (χ3v) is 3.76. The Kier molecular flexibility index (Phi) is 4.95. The molecule has 0 unspecified atom stereocenters. The minimum Gasteiger partial charge on any atom is -0.356 e. The maximum atomic E-state index is 11.3. The summed E-state index contributed by atoms with van der Waals surface area (Å²) in [6, 6.07) is 4.06. The molecule has 2 aromatic heterocycles. The second-order valence-electron chi connectivity index (χ2n) is 3.75. The fourth-order valence-electron chi connectivity index (χ4n) is 1.64. The average molecular weight is 328 g/mol. The first-order chi connectivity index (χ1) is 8.81. The van der Waals surface area contributed by atoms with Gasteiger partial charge >= 0.3 is 0 Å². The number of nitrogens with zero attached hydrogens (tertiary/aromatic N) is 1. The van der Waals surface area contributed by atoms with Crippen LogP contribution in [0.3, 0.4) is 0 Å². The Morgan fingerprint density at radius 1 is 1.56 bits per heavy atom. The SMILES string of the molecule is O=C(CCBr)NCCc1[nH]cnc1-c1cccs1. The van der Waals surface area contributed by atoms with E-state index >= 15 is 0 Å². The molecule has 2 aromatic rings. The lowest BCUT2D eigenvalue weighted by Gasteiger charge is -2.04. The van der Waals surface area contributed by atoms with Crippen molar-refractivity contribution in [2.24, 2.45) is 0 Å². The number of carbonyl (C=O) groups is 1. The molecule has 0 bridgehead atoms. The van der Waals surface area contributed by atoms with Crippen LogP contribution in [-0.4, -0.2) is 27.7 Å². The van der Waals surface area contributed by atoms with Crippen molar-refractivity contribution in [2.75, 3.05) is 11.9 Å². The molecule has 0 saturated heterocycles. The van der Waals surface area contributed by atoms with Crippen LogP contribution < -0.4 is 5.32 Å². The Morgan fingerprint density at radius 2 is 2.44 bits per heavy atom. The van der Waals surface area contributed by atoms with Gasteiger partial charge in [0.15, 0.2) is 0 Å². The molecule has 0 radical (unpaired) electrons. The highest BCUT2D eigenvalue weighted by Gasteiger charge is 2.09. The van der Waals surface area contributed by atoms with Crippen LogP contribution >= 0.6 is 27.3 Å². The van der Waals surface area contributed by atoms with Gasteiger partial charge in [0.25, 0.3) is 0 Å². The zero-order valence-corrected chi connectivity index (χ0v) is 12.2. The van der Waals surface area contributed by atoms with E-state index in [-0.39, 0.29) is 5.91 Å². The Labute approximate surface area is 118 Å². The molecule has 1 amide bonds. The summed E-state index contributed by atoms with van der Waals surface area (Å²) in [6.07, 6.45) is 2.98. The molecule has 0 aliphatic heterocycles. The van der Waals surface area contributed by atoms with Crippen molar-refractivity contribution in [3.05, 3.63) is 29.5 Å². The molecule has 0 spiro atoms. The number of halogens is 1. The van der Waals surface area contributed by atoms with Crippen LogP contribution in [-0.2, 0) is 11.2 Å². The Balaban J connectivity index is 1.91. The van der Waals surface area contributed by atoms with Crippen molar-refractivity contribution in [3.8, 4) is 10.6 Å². The number of rotatable bonds is 6. The smallest absolute Gasteiger partial charge is 0.220 e. The van der Waals surface area contributed by atoms with Crippen molar-refractivity contribution in [3.63, 3.8) is 0 Å². The van der Waals surface area contributed by atoms with E-state index in [1.807, 2.05) is 17.5 Å². The second kappa shape index (κ2) is 6.70. The van der Waals surface area contributed by atoms with Gasteiger partial charge in [-0.15, -0.1) is 11.3 Å². The summed E-state index contributed by atoms with van der Waals surface area (Å²) < 4.78 is 0. The number of alkyl halides is 1. The molecule has 2 heterocycles. The van der Waals surface area contributed by atoms with Crippen LogP contribution in [0.1, 0.15) is 12.1 Å². The van der Waals surface area contributed by atoms with Gasteiger partial charge in [-0.25, -0.2) is 4.98 Å². The highest BCUT2D eigenvalue weighted by molar-refractivity contribution is 9.09. The zero-order valence-electron chi connectivity index (χ0n) is 9.78. The molecule has 0 saturated carbocycles. The Morgan fingerprint density at radius 3 is 3.17 bits per heavy atom. The van der Waals surface area contributed by atoms with Gasteiger partial charge in [-0.2, -0.15) is 0 Å². The van der Waals surface area contributed by atoms with Gasteiger partial charge in [-0.1, -0.05) is 22.0 Å². The van der Waals surface area contributed by atoms with Gasteiger partial charge in [0.1, 0.15) is 5.69 Å². The molecule has 2 N–H and O–H groups in total. The summed E-state index contributed by atoms with van der Waals surface area (Å²) in [5.74, 6) is 0.0732. The number of nitrogens with one attached hydrogen (secondary N) is 2. The van der Waals surface area contributed by atoms with E-state index in [0.29, 0.717) is 18.3 Å². The molecule has 2 rings (SSSR count). The van der Waals surface area contributed by atoms with Crippen LogP contribution in [0, 0.1) is 0 Å². The summed E-state index contributed by atoms with van der Waals surface area (Å²) in [5.41, 5.74) is 2.05. The minimum atomic E-state index is 0.0732. The van der Waals surface area contributed by atoms with E-state index in [9.17, 15) is 4.79 Å². The number of hydrogen-bond donors (Lipinski definition) is 2. The standard InChI is InChI=1S/C12H14BrN3OS/c13-5-3-11(17)14-6-4-9-12(16-8-15-9)10-2-1-7-18-10/h1-2,7-8H,3-6H2,(H,14,17)(H,15,16). The monoisotopic (exact) mass is 327 g/mol. The van der Waals surface area contributed by atoms with E-state index in [0.717, 1.165) is 22.7 Å². The molecule has 0 aromatic carbocycles. The first-order valence-electron chi connectivity index (χ1n) is 5.70. The van der Waals surface area contributed by atoms with Gasteiger partial charge in [-0.05, 0) is 11.4 Å². The van der Waals surface area contributed by atoms with Gasteiger partial charge in [0.2, 0.25) is 5.91 Å². The van der Waals surface area contributed by atoms with Crippen molar-refractivity contribution < 1.29 is 4.79 Å². The molecule has 96 valence electrons. The van der Waals surface area contributed by atoms with Crippen molar-refractivity contribution in [2.45, 2.75) is 12.8 Å². The average Bonchev–Trinajstić information content (AvgIpc) is 2.98. The number of aromatic amines is 1. The zero-order chi connectivity index (χ0) is 12.8. The second-order valence-corrected chi connectivity index (χ2v) is 5.49. The van der Waals surface area contributed by atoms with Crippen molar-refractivity contribution in [1.29, 1.82) is 0 Å². The number of aromatic nitrogens is 2. The predicted octanol–water partition coefficient (Wildman–Crippen LogP) is 2.58. The first-order valence-corrected chi connectivity index (χ1v) is 7.70. The van der Waals surface area contributed by atoms with Crippen molar-refractivity contribution in [1.82, 2.24) is 15.3 Å². The van der Waals surface area contributed by atoms with E-state index in [2.05, 4.69) is 31.2 Å². The molecule has 0 fully saturated rings. The molecule has 0 aliphatic carbocycles. The Bertz CT molecular complexity index is 495. The van der Waals surface area contributed by atoms with E-state index < -0.39 is 0 Å². The summed E-state index contributed by atoms with van der Waals surface area (Å²) in [6.45, 7) is 0.631. The van der Waals surface area contributed by atoms with Gasteiger partial charge in [-0.3, -0.25) is 4.79 Å². The van der Waals surface area contributed by atoms with Crippen LogP contribution in [0.5, 0.6) is 0 Å². The lowest BCUT2D eigenvalue weighted by atomic mass is 10.2. The number of H-pyrrole nitrogens is 1. The molecule has 6 heteroatoms. The fourth-order valence-corrected chi connectivity index (χ4v) is 2.75. The van der Waals surface area contributed by atoms with Crippen LogP contribution in [0.25, 0.3) is 10.6 Å². The number of thiophene rings is 1. The van der Waals surface area contributed by atoms with Crippen LogP contribution in [0.4, 0.5) is 0 Å². The molecule has 4 nitrogen and oxygen atoms in total.